The molecule has 1 heterocycles. The topological polar surface area (TPSA) is 88.1 Å². The maximum atomic E-state index is 10.4. The molecule has 1 aliphatic heterocycles. The Kier molecular flexibility index (Phi) is 10.6. The van der Waals surface area contributed by atoms with Crippen molar-refractivity contribution in [1.29, 1.82) is 0 Å². The predicted octanol–water partition coefficient (Wildman–Crippen LogP) is 0.693. The second-order valence-corrected chi connectivity index (χ2v) is 6.09. The lowest BCUT2D eigenvalue weighted by atomic mass is 10.4. The van der Waals surface area contributed by atoms with Crippen LogP contribution < -0.4 is 0 Å². The lowest BCUT2D eigenvalue weighted by Gasteiger charge is -2.19. The van der Waals surface area contributed by atoms with Gasteiger partial charge in [0.05, 0.1) is 0 Å². The van der Waals surface area contributed by atoms with Crippen molar-refractivity contribution >= 4 is 27.2 Å². The van der Waals surface area contributed by atoms with Crippen molar-refractivity contribution in [3.63, 3.8) is 0 Å². The van der Waals surface area contributed by atoms with Gasteiger partial charge in [0.25, 0.3) is 5.97 Å². The van der Waals surface area contributed by atoms with Crippen LogP contribution in [0.1, 0.15) is 33.6 Å². The molecule has 0 aromatic heterocycles. The van der Waals surface area contributed by atoms with Gasteiger partial charge in [-0.15, -0.1) is 0 Å². The van der Waals surface area contributed by atoms with E-state index in [1.807, 2.05) is 0 Å². The summed E-state index contributed by atoms with van der Waals surface area (Å²) in [5.74, 6) is -0.933. The molecule has 0 aromatic carbocycles. The van der Waals surface area contributed by atoms with Crippen LogP contribution in [0.2, 0.25) is 6.04 Å². The third-order valence-corrected chi connectivity index (χ3v) is 4.21. The Balaban J connectivity index is 0.000000361. The largest absolute Gasteiger partial charge is 0.497 e. The van der Waals surface area contributed by atoms with Crippen LogP contribution in [0.3, 0.4) is 0 Å². The van der Waals surface area contributed by atoms with Crippen molar-refractivity contribution in [1.82, 2.24) is 0 Å². The molecular weight excluding hydrogens is 284 g/mol. The van der Waals surface area contributed by atoms with Gasteiger partial charge in [-0.05, 0) is 18.9 Å². The summed E-state index contributed by atoms with van der Waals surface area (Å²) < 4.78 is 19.2. The molecule has 1 aliphatic rings. The molecule has 116 valence electrons. The van der Waals surface area contributed by atoms with Gasteiger partial charge in [0.15, 0.2) is 0 Å². The van der Waals surface area contributed by atoms with E-state index >= 15 is 0 Å². The fraction of sp³-hybridized carbons (Fsp3) is 0.750. The van der Waals surface area contributed by atoms with Gasteiger partial charge in [0.1, 0.15) is 13.2 Å². The fourth-order valence-electron chi connectivity index (χ4n) is 1.36. The zero-order valence-electron chi connectivity index (χ0n) is 12.2. The summed E-state index contributed by atoms with van der Waals surface area (Å²) in [5, 5.41) is 0. The minimum absolute atomic E-state index is 0.134. The number of hydrogen-bond acceptors (Lipinski definition) is 7. The van der Waals surface area contributed by atoms with E-state index in [1.165, 1.54) is 20.8 Å². The molecule has 0 radical (unpaired) electrons. The first kappa shape index (κ1) is 18.6. The van der Waals surface area contributed by atoms with Crippen LogP contribution in [0.15, 0.2) is 0 Å². The van der Waals surface area contributed by atoms with Crippen LogP contribution in [0.25, 0.3) is 0 Å². The van der Waals surface area contributed by atoms with E-state index in [9.17, 15) is 14.4 Å². The van der Waals surface area contributed by atoms with Crippen LogP contribution in [0.5, 0.6) is 0 Å². The third-order valence-electron chi connectivity index (χ3n) is 2.13. The second-order valence-electron chi connectivity index (χ2n) is 4.09. The minimum Gasteiger partial charge on any atom is -0.497 e. The Morgan fingerprint density at radius 3 is 1.85 bits per heavy atom. The summed E-state index contributed by atoms with van der Waals surface area (Å²) in [6, 6.07) is 0.986. The average Bonchev–Trinajstić information content (AvgIpc) is 2.35. The summed E-state index contributed by atoms with van der Waals surface area (Å²) >= 11 is 0. The van der Waals surface area contributed by atoms with E-state index < -0.39 is 9.28 Å². The summed E-state index contributed by atoms with van der Waals surface area (Å²) in [5.41, 5.74) is 0. The van der Waals surface area contributed by atoms with E-state index in [0.717, 1.165) is 25.5 Å². The Labute approximate surface area is 120 Å². The van der Waals surface area contributed by atoms with Crippen LogP contribution >= 0.6 is 0 Å². The van der Waals surface area contributed by atoms with Crippen LogP contribution in [0, 0.1) is 0 Å². The fourth-order valence-corrected chi connectivity index (χ4v) is 3.13. The highest BCUT2D eigenvalue weighted by molar-refractivity contribution is 6.46. The van der Waals surface area contributed by atoms with Gasteiger partial charge in [0, 0.05) is 27.4 Å². The maximum Gasteiger partial charge on any atom is 0.385 e. The van der Waals surface area contributed by atoms with E-state index in [-0.39, 0.29) is 31.1 Å². The first-order valence-electron chi connectivity index (χ1n) is 6.47. The number of carbonyl (C=O) groups is 3. The number of ether oxygens (including phenoxy) is 2. The summed E-state index contributed by atoms with van der Waals surface area (Å²) in [6.45, 7) is 5.08. The minimum atomic E-state index is -1.53. The van der Waals surface area contributed by atoms with Gasteiger partial charge in [-0.25, -0.2) is 0 Å². The molecule has 0 aromatic rings. The quantitative estimate of drug-likeness (QED) is 0.327. The average molecular weight is 306 g/mol. The van der Waals surface area contributed by atoms with E-state index in [0.29, 0.717) is 0 Å². The standard InChI is InChI=1S/C6H10O4.C6H12O3Si/c1-5(7)9-3-4-10-6(2)8;1-6(7)9-10-5-3-2-4-8-10/h3-4H2,1-2H3;10H,2-5H2,1H3. The Hall–Kier alpha value is -1.41. The molecule has 7 nitrogen and oxygen atoms in total. The summed E-state index contributed by atoms with van der Waals surface area (Å²) in [7, 11) is -1.53. The van der Waals surface area contributed by atoms with Crippen LogP contribution in [0.4, 0.5) is 0 Å². The van der Waals surface area contributed by atoms with Crippen molar-refractivity contribution in [3.05, 3.63) is 0 Å². The second kappa shape index (κ2) is 11.4. The molecule has 0 spiro atoms. The molecule has 1 saturated heterocycles. The molecule has 0 aliphatic carbocycles. The first-order valence-corrected chi connectivity index (χ1v) is 8.23. The lowest BCUT2D eigenvalue weighted by molar-refractivity contribution is -0.149. The van der Waals surface area contributed by atoms with E-state index in [4.69, 9.17) is 8.85 Å². The van der Waals surface area contributed by atoms with Gasteiger partial charge in [-0.2, -0.15) is 0 Å². The van der Waals surface area contributed by atoms with E-state index in [1.54, 1.807) is 0 Å². The lowest BCUT2D eigenvalue weighted by Crippen LogP contribution is -2.28. The molecule has 0 N–H and O–H groups in total. The Bertz CT molecular complexity index is 297. The maximum absolute atomic E-state index is 10.4. The Morgan fingerprint density at radius 2 is 1.50 bits per heavy atom. The normalized spacial score (nSPS) is 17.2. The molecule has 1 fully saturated rings. The zero-order chi connectivity index (χ0) is 15.4. The highest BCUT2D eigenvalue weighted by Gasteiger charge is 2.19. The molecule has 0 saturated carbocycles. The van der Waals surface area contributed by atoms with Crippen molar-refractivity contribution in [2.45, 2.75) is 39.7 Å². The predicted molar refractivity (Wildman–Crippen MR) is 72.2 cm³/mol. The van der Waals surface area contributed by atoms with Crippen molar-refractivity contribution in [2.24, 2.45) is 0 Å². The van der Waals surface area contributed by atoms with Gasteiger partial charge in [0.2, 0.25) is 0 Å². The highest BCUT2D eigenvalue weighted by Crippen LogP contribution is 2.11. The molecule has 0 bridgehead atoms. The molecular formula is C12H22O7Si. The monoisotopic (exact) mass is 306 g/mol. The Morgan fingerprint density at radius 1 is 0.950 bits per heavy atom. The molecule has 1 rings (SSSR count). The first-order chi connectivity index (χ1) is 9.41. The van der Waals surface area contributed by atoms with Crippen molar-refractivity contribution in [3.8, 4) is 0 Å². The van der Waals surface area contributed by atoms with Gasteiger partial charge in [-0.1, -0.05) is 0 Å². The molecule has 20 heavy (non-hydrogen) atoms. The summed E-state index contributed by atoms with van der Waals surface area (Å²) in [4.78, 5) is 30.7. The van der Waals surface area contributed by atoms with Gasteiger partial charge in [-0.3, -0.25) is 14.4 Å². The van der Waals surface area contributed by atoms with Crippen LogP contribution in [-0.4, -0.2) is 47.0 Å². The highest BCUT2D eigenvalue weighted by atomic mass is 28.3. The molecule has 0 amide bonds. The molecule has 1 atom stereocenters. The van der Waals surface area contributed by atoms with Crippen LogP contribution in [-0.2, 0) is 32.7 Å². The SMILES string of the molecule is CC(=O)OCCOC(C)=O.CC(=O)O[SiH]1CCCCO1. The number of carbonyl (C=O) groups excluding carboxylic acids is 3. The van der Waals surface area contributed by atoms with Gasteiger partial charge >= 0.3 is 21.2 Å². The van der Waals surface area contributed by atoms with Crippen molar-refractivity contribution < 1.29 is 32.7 Å². The van der Waals surface area contributed by atoms with Crippen molar-refractivity contribution in [2.75, 3.05) is 19.8 Å². The molecule has 8 heteroatoms. The molecule has 1 unspecified atom stereocenters. The van der Waals surface area contributed by atoms with Gasteiger partial charge < -0.3 is 18.3 Å². The number of esters is 2. The number of rotatable bonds is 4. The number of hydrogen-bond donors (Lipinski definition) is 0. The summed E-state index contributed by atoms with van der Waals surface area (Å²) in [6.07, 6.45) is 2.27. The zero-order valence-corrected chi connectivity index (χ0v) is 13.3. The third kappa shape index (κ3) is 13.0. The smallest absolute Gasteiger partial charge is 0.385 e. The van der Waals surface area contributed by atoms with E-state index in [2.05, 4.69) is 9.47 Å².